The van der Waals surface area contributed by atoms with Crippen LogP contribution in [0.25, 0.3) is 0 Å². The number of aliphatic imine (C=N–C) groups is 1. The Balaban J connectivity index is 0.00000289. The van der Waals surface area contributed by atoms with E-state index in [2.05, 4.69) is 43.0 Å². The van der Waals surface area contributed by atoms with Crippen molar-refractivity contribution in [3.63, 3.8) is 0 Å². The maximum Gasteiger partial charge on any atom is 0.193 e. The molecule has 108 valence electrons. The van der Waals surface area contributed by atoms with Crippen molar-refractivity contribution in [3.05, 3.63) is 0 Å². The van der Waals surface area contributed by atoms with Crippen LogP contribution >= 0.6 is 24.0 Å². The molecule has 0 radical (unpaired) electrons. The molecule has 0 heterocycles. The fourth-order valence-electron chi connectivity index (χ4n) is 2.21. The fourth-order valence-corrected chi connectivity index (χ4v) is 2.21. The number of nitrogens with zero attached hydrogens (tertiary/aromatic N) is 2. The average molecular weight is 367 g/mol. The van der Waals surface area contributed by atoms with Gasteiger partial charge < -0.3 is 10.2 Å². The van der Waals surface area contributed by atoms with Gasteiger partial charge in [-0.15, -0.1) is 24.0 Å². The van der Waals surface area contributed by atoms with E-state index in [0.717, 1.165) is 25.0 Å². The zero-order valence-corrected chi connectivity index (χ0v) is 14.7. The van der Waals surface area contributed by atoms with E-state index in [1.165, 1.54) is 32.1 Å². The molecule has 0 saturated heterocycles. The highest BCUT2D eigenvalue weighted by molar-refractivity contribution is 14.0. The maximum absolute atomic E-state index is 4.58. The van der Waals surface area contributed by atoms with Gasteiger partial charge in [0.15, 0.2) is 5.96 Å². The molecule has 0 aromatic rings. The van der Waals surface area contributed by atoms with E-state index in [-0.39, 0.29) is 24.0 Å². The number of hydrogen-bond acceptors (Lipinski definition) is 1. The monoisotopic (exact) mass is 367 g/mol. The Kier molecular flexibility index (Phi) is 9.87. The summed E-state index contributed by atoms with van der Waals surface area (Å²) in [6.07, 6.45) is 6.47. The van der Waals surface area contributed by atoms with Crippen LogP contribution < -0.4 is 5.32 Å². The molecule has 1 aliphatic rings. The molecule has 2 unspecified atom stereocenters. The Morgan fingerprint density at radius 2 is 2.00 bits per heavy atom. The van der Waals surface area contributed by atoms with E-state index in [9.17, 15) is 0 Å². The van der Waals surface area contributed by atoms with Gasteiger partial charge in [-0.05, 0) is 32.1 Å². The first kappa shape index (κ1) is 18.0. The maximum atomic E-state index is 4.58. The predicted molar refractivity (Wildman–Crippen MR) is 90.9 cm³/mol. The minimum Gasteiger partial charge on any atom is -0.353 e. The summed E-state index contributed by atoms with van der Waals surface area (Å²) < 4.78 is 0. The van der Waals surface area contributed by atoms with Gasteiger partial charge >= 0.3 is 0 Å². The Morgan fingerprint density at radius 1 is 1.28 bits per heavy atom. The molecule has 1 saturated carbocycles. The summed E-state index contributed by atoms with van der Waals surface area (Å²) in [7, 11) is 2.15. The summed E-state index contributed by atoms with van der Waals surface area (Å²) in [6.45, 7) is 8.57. The van der Waals surface area contributed by atoms with Gasteiger partial charge in [0.2, 0.25) is 0 Å². The lowest BCUT2D eigenvalue weighted by Gasteiger charge is -2.22. The first-order valence-electron chi connectivity index (χ1n) is 7.24. The SMILES string of the molecule is CCCCN(C)C(=NCC)NC1CC1CCC.I. The van der Waals surface area contributed by atoms with E-state index in [0.29, 0.717) is 6.04 Å². The van der Waals surface area contributed by atoms with Crippen LogP contribution in [0.4, 0.5) is 0 Å². The Morgan fingerprint density at radius 3 is 2.56 bits per heavy atom. The highest BCUT2D eigenvalue weighted by Crippen LogP contribution is 2.34. The second-order valence-corrected chi connectivity index (χ2v) is 5.11. The van der Waals surface area contributed by atoms with Crippen LogP contribution in [0.2, 0.25) is 0 Å². The molecular formula is C14H30IN3. The van der Waals surface area contributed by atoms with Gasteiger partial charge in [-0.2, -0.15) is 0 Å². The molecule has 0 aromatic heterocycles. The zero-order valence-electron chi connectivity index (χ0n) is 12.4. The van der Waals surface area contributed by atoms with Crippen molar-refractivity contribution in [2.75, 3.05) is 20.1 Å². The minimum atomic E-state index is 0. The van der Waals surface area contributed by atoms with Crippen LogP contribution in [0.3, 0.4) is 0 Å². The Bertz CT molecular complexity index is 243. The summed E-state index contributed by atoms with van der Waals surface area (Å²) in [6, 6.07) is 0.685. The molecular weight excluding hydrogens is 337 g/mol. The number of unbranched alkanes of at least 4 members (excludes halogenated alkanes) is 1. The minimum absolute atomic E-state index is 0. The Labute approximate surface area is 130 Å². The van der Waals surface area contributed by atoms with Crippen LogP contribution in [-0.4, -0.2) is 37.0 Å². The second-order valence-electron chi connectivity index (χ2n) is 5.11. The molecule has 0 bridgehead atoms. The third-order valence-electron chi connectivity index (χ3n) is 3.41. The largest absolute Gasteiger partial charge is 0.353 e. The van der Waals surface area contributed by atoms with E-state index in [1.54, 1.807) is 0 Å². The topological polar surface area (TPSA) is 27.6 Å². The molecule has 0 spiro atoms. The van der Waals surface area contributed by atoms with E-state index < -0.39 is 0 Å². The van der Waals surface area contributed by atoms with Crippen LogP contribution in [0.5, 0.6) is 0 Å². The van der Waals surface area contributed by atoms with Crippen LogP contribution in [0.15, 0.2) is 4.99 Å². The van der Waals surface area contributed by atoms with Crippen LogP contribution in [0.1, 0.15) is 52.9 Å². The Hall–Kier alpha value is 0. The van der Waals surface area contributed by atoms with Crippen molar-refractivity contribution in [3.8, 4) is 0 Å². The molecule has 0 aromatic carbocycles. The summed E-state index contributed by atoms with van der Waals surface area (Å²) in [5, 5.41) is 3.61. The molecule has 1 fully saturated rings. The molecule has 3 nitrogen and oxygen atoms in total. The fraction of sp³-hybridized carbons (Fsp3) is 0.929. The normalized spacial score (nSPS) is 22.3. The van der Waals surface area contributed by atoms with Gasteiger partial charge in [-0.3, -0.25) is 4.99 Å². The smallest absolute Gasteiger partial charge is 0.193 e. The summed E-state index contributed by atoms with van der Waals surface area (Å²) in [5.74, 6) is 1.99. The van der Waals surface area contributed by atoms with E-state index in [4.69, 9.17) is 0 Å². The van der Waals surface area contributed by atoms with Crippen molar-refractivity contribution < 1.29 is 0 Å². The molecule has 1 rings (SSSR count). The summed E-state index contributed by atoms with van der Waals surface area (Å²) in [4.78, 5) is 6.86. The van der Waals surface area contributed by atoms with E-state index in [1.807, 2.05) is 0 Å². The lowest BCUT2D eigenvalue weighted by molar-refractivity contribution is 0.460. The van der Waals surface area contributed by atoms with Gasteiger partial charge in [0.1, 0.15) is 0 Å². The molecule has 1 aliphatic carbocycles. The molecule has 2 atom stereocenters. The van der Waals surface area contributed by atoms with Crippen molar-refractivity contribution >= 4 is 29.9 Å². The number of halogens is 1. The molecule has 18 heavy (non-hydrogen) atoms. The summed E-state index contributed by atoms with van der Waals surface area (Å²) in [5.41, 5.74) is 0. The van der Waals surface area contributed by atoms with Crippen LogP contribution in [-0.2, 0) is 0 Å². The molecule has 0 aliphatic heterocycles. The lowest BCUT2D eigenvalue weighted by Crippen LogP contribution is -2.41. The summed E-state index contributed by atoms with van der Waals surface area (Å²) >= 11 is 0. The van der Waals surface area contributed by atoms with E-state index >= 15 is 0 Å². The number of nitrogens with one attached hydrogen (secondary N) is 1. The third-order valence-corrected chi connectivity index (χ3v) is 3.41. The number of rotatable bonds is 7. The lowest BCUT2D eigenvalue weighted by atomic mass is 10.2. The third kappa shape index (κ3) is 6.25. The van der Waals surface area contributed by atoms with Crippen molar-refractivity contribution in [2.45, 2.75) is 58.9 Å². The van der Waals surface area contributed by atoms with Gasteiger partial charge in [0.05, 0.1) is 0 Å². The van der Waals surface area contributed by atoms with Gasteiger partial charge in [0.25, 0.3) is 0 Å². The highest BCUT2D eigenvalue weighted by Gasteiger charge is 2.36. The van der Waals surface area contributed by atoms with Gasteiger partial charge in [0, 0.05) is 26.2 Å². The highest BCUT2D eigenvalue weighted by atomic mass is 127. The molecule has 1 N–H and O–H groups in total. The van der Waals surface area contributed by atoms with Crippen molar-refractivity contribution in [1.29, 1.82) is 0 Å². The number of guanidine groups is 1. The van der Waals surface area contributed by atoms with Gasteiger partial charge in [-0.25, -0.2) is 0 Å². The first-order chi connectivity index (χ1) is 8.22. The zero-order chi connectivity index (χ0) is 12.7. The number of hydrogen-bond donors (Lipinski definition) is 1. The molecule has 0 amide bonds. The second kappa shape index (κ2) is 9.87. The first-order valence-corrected chi connectivity index (χ1v) is 7.24. The van der Waals surface area contributed by atoms with Crippen molar-refractivity contribution in [1.82, 2.24) is 10.2 Å². The molecule has 4 heteroatoms. The van der Waals surface area contributed by atoms with Gasteiger partial charge in [-0.1, -0.05) is 26.7 Å². The average Bonchev–Trinajstić information content (AvgIpc) is 3.04. The van der Waals surface area contributed by atoms with Crippen LogP contribution in [0, 0.1) is 5.92 Å². The quantitative estimate of drug-likeness (QED) is 0.424. The predicted octanol–water partition coefficient (Wildman–Crippen LogP) is 3.49. The van der Waals surface area contributed by atoms with Crippen molar-refractivity contribution in [2.24, 2.45) is 10.9 Å². The standard InChI is InChI=1S/C14H29N3.HI/c1-5-8-10-17(4)14(15-7-3)16-13-11-12(13)9-6-2;/h12-13H,5-11H2,1-4H3,(H,15,16);1H.